The Balaban J connectivity index is 2.27. The smallest absolute Gasteiger partial charge is 0.126 e. The van der Waals surface area contributed by atoms with Crippen LogP contribution in [0.25, 0.3) is 0 Å². The highest BCUT2D eigenvalue weighted by atomic mass is 19.1. The number of nitrogens with zero attached hydrogens (tertiary/aromatic N) is 1. The van der Waals surface area contributed by atoms with E-state index in [-0.39, 0.29) is 6.04 Å². The third-order valence-electron chi connectivity index (χ3n) is 4.06. The summed E-state index contributed by atoms with van der Waals surface area (Å²) in [7, 11) is 0. The van der Waals surface area contributed by atoms with Crippen LogP contribution in [0.5, 0.6) is 0 Å². The van der Waals surface area contributed by atoms with Crippen molar-refractivity contribution in [2.24, 2.45) is 11.7 Å². The van der Waals surface area contributed by atoms with Gasteiger partial charge in [0.1, 0.15) is 11.6 Å². The van der Waals surface area contributed by atoms with Crippen LogP contribution in [0.3, 0.4) is 0 Å². The Kier molecular flexibility index (Phi) is 4.53. The van der Waals surface area contributed by atoms with Crippen molar-refractivity contribution in [3.8, 4) is 0 Å². The molecule has 19 heavy (non-hydrogen) atoms. The molecule has 1 aromatic rings. The Bertz CT molecular complexity index is 416. The quantitative estimate of drug-likeness (QED) is 0.912. The highest BCUT2D eigenvalue weighted by Crippen LogP contribution is 2.30. The van der Waals surface area contributed by atoms with Crippen molar-refractivity contribution in [1.82, 2.24) is 4.90 Å². The maximum atomic E-state index is 13.4. The second-order valence-corrected chi connectivity index (χ2v) is 5.68. The third kappa shape index (κ3) is 3.31. The minimum absolute atomic E-state index is 0.108. The van der Waals surface area contributed by atoms with E-state index in [4.69, 9.17) is 5.73 Å². The first-order valence-electron chi connectivity index (χ1n) is 6.93. The molecule has 2 N–H and O–H groups in total. The molecule has 4 heteroatoms. The van der Waals surface area contributed by atoms with Gasteiger partial charge in [0.05, 0.1) is 0 Å². The summed E-state index contributed by atoms with van der Waals surface area (Å²) >= 11 is 0. The average molecular weight is 268 g/mol. The van der Waals surface area contributed by atoms with Crippen LogP contribution in [-0.2, 0) is 0 Å². The molecule has 3 atom stereocenters. The van der Waals surface area contributed by atoms with E-state index in [1.807, 2.05) is 0 Å². The fraction of sp³-hybridized carbons (Fsp3) is 0.600. The van der Waals surface area contributed by atoms with Gasteiger partial charge in [-0.2, -0.15) is 0 Å². The Morgan fingerprint density at radius 2 is 1.84 bits per heavy atom. The summed E-state index contributed by atoms with van der Waals surface area (Å²) < 4.78 is 26.7. The van der Waals surface area contributed by atoms with Crippen molar-refractivity contribution in [3.63, 3.8) is 0 Å². The van der Waals surface area contributed by atoms with Gasteiger partial charge in [0.25, 0.3) is 0 Å². The van der Waals surface area contributed by atoms with Crippen LogP contribution in [0.1, 0.15) is 38.3 Å². The average Bonchev–Trinajstić information content (AvgIpc) is 2.33. The van der Waals surface area contributed by atoms with Crippen LogP contribution >= 0.6 is 0 Å². The second-order valence-electron chi connectivity index (χ2n) is 5.68. The van der Waals surface area contributed by atoms with Gasteiger partial charge >= 0.3 is 0 Å². The molecule has 0 aliphatic carbocycles. The number of halogens is 2. The van der Waals surface area contributed by atoms with Crippen molar-refractivity contribution in [3.05, 3.63) is 35.4 Å². The lowest BCUT2D eigenvalue weighted by Crippen LogP contribution is -2.45. The molecule has 1 fully saturated rings. The van der Waals surface area contributed by atoms with Crippen LogP contribution in [0.2, 0.25) is 0 Å². The molecule has 3 unspecified atom stereocenters. The van der Waals surface area contributed by atoms with E-state index in [1.165, 1.54) is 18.6 Å². The monoisotopic (exact) mass is 268 g/mol. The minimum Gasteiger partial charge on any atom is -0.329 e. The molecule has 0 bridgehead atoms. The maximum Gasteiger partial charge on any atom is 0.126 e. The van der Waals surface area contributed by atoms with E-state index in [0.717, 1.165) is 19.0 Å². The zero-order valence-corrected chi connectivity index (χ0v) is 11.6. The summed E-state index contributed by atoms with van der Waals surface area (Å²) in [4.78, 5) is 2.28. The molecule has 2 rings (SSSR count). The molecule has 0 saturated carbocycles. The number of benzene rings is 1. The van der Waals surface area contributed by atoms with E-state index in [1.54, 1.807) is 0 Å². The van der Waals surface area contributed by atoms with Crippen molar-refractivity contribution >= 4 is 0 Å². The molecule has 1 aliphatic rings. The van der Waals surface area contributed by atoms with Gasteiger partial charge in [0.2, 0.25) is 0 Å². The first-order valence-corrected chi connectivity index (χ1v) is 6.93. The highest BCUT2D eigenvalue weighted by Gasteiger charge is 2.29. The van der Waals surface area contributed by atoms with Crippen LogP contribution in [0, 0.1) is 17.6 Å². The maximum absolute atomic E-state index is 13.4. The molecule has 1 aromatic carbocycles. The topological polar surface area (TPSA) is 29.3 Å². The van der Waals surface area contributed by atoms with Gasteiger partial charge in [0, 0.05) is 31.2 Å². The number of hydrogen-bond donors (Lipinski definition) is 1. The standard InChI is InChI=1S/C15H22F2N2/c1-10-3-4-11(2)19(9-10)15(8-18)12-5-13(16)7-14(17)6-12/h5-7,10-11,15H,3-4,8-9,18H2,1-2H3. The fourth-order valence-corrected chi connectivity index (χ4v) is 2.99. The number of likely N-dealkylation sites (tertiary alicyclic amines) is 1. The fourth-order valence-electron chi connectivity index (χ4n) is 2.99. The lowest BCUT2D eigenvalue weighted by Gasteiger charge is -2.42. The molecule has 1 aliphatic heterocycles. The molecular weight excluding hydrogens is 246 g/mol. The summed E-state index contributed by atoms with van der Waals surface area (Å²) in [6.07, 6.45) is 2.31. The van der Waals surface area contributed by atoms with E-state index >= 15 is 0 Å². The van der Waals surface area contributed by atoms with Gasteiger partial charge in [0.15, 0.2) is 0 Å². The summed E-state index contributed by atoms with van der Waals surface area (Å²) in [5.41, 5.74) is 6.50. The number of hydrogen-bond acceptors (Lipinski definition) is 2. The van der Waals surface area contributed by atoms with Gasteiger partial charge in [-0.1, -0.05) is 6.92 Å². The van der Waals surface area contributed by atoms with Crippen molar-refractivity contribution in [2.45, 2.75) is 38.8 Å². The Hall–Kier alpha value is -1.00. The van der Waals surface area contributed by atoms with Gasteiger partial charge < -0.3 is 5.73 Å². The van der Waals surface area contributed by atoms with Crippen molar-refractivity contribution in [2.75, 3.05) is 13.1 Å². The summed E-state index contributed by atoms with van der Waals surface area (Å²) in [5, 5.41) is 0. The van der Waals surface area contributed by atoms with Crippen LogP contribution in [0.15, 0.2) is 18.2 Å². The lowest BCUT2D eigenvalue weighted by molar-refractivity contribution is 0.0795. The largest absolute Gasteiger partial charge is 0.329 e. The van der Waals surface area contributed by atoms with Gasteiger partial charge in [-0.3, -0.25) is 4.90 Å². The summed E-state index contributed by atoms with van der Waals surface area (Å²) in [6.45, 7) is 5.67. The van der Waals surface area contributed by atoms with Crippen LogP contribution < -0.4 is 5.73 Å². The molecule has 0 spiro atoms. The molecular formula is C15H22F2N2. The number of nitrogens with two attached hydrogens (primary N) is 1. The van der Waals surface area contributed by atoms with Gasteiger partial charge in [-0.15, -0.1) is 0 Å². The Labute approximate surface area is 113 Å². The molecule has 1 saturated heterocycles. The second kappa shape index (κ2) is 5.97. The molecule has 2 nitrogen and oxygen atoms in total. The summed E-state index contributed by atoms with van der Waals surface area (Å²) in [5.74, 6) is -0.471. The highest BCUT2D eigenvalue weighted by molar-refractivity contribution is 5.22. The first-order chi connectivity index (χ1) is 9.01. The van der Waals surface area contributed by atoms with Crippen LogP contribution in [0.4, 0.5) is 8.78 Å². The molecule has 1 heterocycles. The molecule has 0 amide bonds. The van der Waals surface area contributed by atoms with Gasteiger partial charge in [-0.25, -0.2) is 8.78 Å². The predicted octanol–water partition coefficient (Wildman–Crippen LogP) is 3.09. The van der Waals surface area contributed by atoms with E-state index in [0.29, 0.717) is 24.1 Å². The lowest BCUT2D eigenvalue weighted by atomic mass is 9.91. The van der Waals surface area contributed by atoms with E-state index in [9.17, 15) is 8.78 Å². The Morgan fingerprint density at radius 1 is 1.21 bits per heavy atom. The first kappa shape index (κ1) is 14.4. The number of piperidine rings is 1. The zero-order chi connectivity index (χ0) is 14.0. The predicted molar refractivity (Wildman–Crippen MR) is 72.7 cm³/mol. The van der Waals surface area contributed by atoms with Gasteiger partial charge in [-0.05, 0) is 43.4 Å². The molecule has 106 valence electrons. The van der Waals surface area contributed by atoms with E-state index < -0.39 is 11.6 Å². The number of rotatable bonds is 3. The SMILES string of the molecule is CC1CCC(C)N(C(CN)c2cc(F)cc(F)c2)C1. The van der Waals surface area contributed by atoms with E-state index in [2.05, 4.69) is 18.7 Å². The van der Waals surface area contributed by atoms with Crippen molar-refractivity contribution in [1.29, 1.82) is 0 Å². The normalized spacial score (nSPS) is 26.4. The zero-order valence-electron chi connectivity index (χ0n) is 11.6. The van der Waals surface area contributed by atoms with Crippen molar-refractivity contribution < 1.29 is 8.78 Å². The molecule has 0 aromatic heterocycles. The third-order valence-corrected chi connectivity index (χ3v) is 4.06. The molecule has 0 radical (unpaired) electrons. The summed E-state index contributed by atoms with van der Waals surface area (Å²) in [6, 6.07) is 3.98. The Morgan fingerprint density at radius 3 is 2.42 bits per heavy atom. The van der Waals surface area contributed by atoms with Crippen LogP contribution in [-0.4, -0.2) is 24.0 Å². The minimum atomic E-state index is -0.536.